The molecule has 0 aliphatic rings. The quantitative estimate of drug-likeness (QED) is 0.646. The third-order valence-corrected chi connectivity index (χ3v) is 4.06. The van der Waals surface area contributed by atoms with Crippen LogP contribution in [0.5, 0.6) is 0 Å². The summed E-state index contributed by atoms with van der Waals surface area (Å²) in [6.45, 7) is 8.91. The van der Waals surface area contributed by atoms with Crippen LogP contribution < -0.4 is 10.3 Å². The van der Waals surface area contributed by atoms with Gasteiger partial charge in [-0.3, -0.25) is 4.79 Å². The van der Waals surface area contributed by atoms with Crippen molar-refractivity contribution in [3.63, 3.8) is 0 Å². The van der Waals surface area contributed by atoms with Gasteiger partial charge in [0.15, 0.2) is 5.78 Å². The van der Waals surface area contributed by atoms with Gasteiger partial charge in [-0.2, -0.15) is 0 Å². The number of hydrogen-bond acceptors (Lipinski definition) is 4. The van der Waals surface area contributed by atoms with E-state index < -0.39 is 15.4 Å². The molecule has 0 aliphatic heterocycles. The minimum Gasteiger partial charge on any atom is -0.312 e. The number of sulfonamides is 1. The van der Waals surface area contributed by atoms with Crippen LogP contribution in [0.1, 0.15) is 33.3 Å². The first-order valence-corrected chi connectivity index (χ1v) is 8.08. The van der Waals surface area contributed by atoms with E-state index >= 15 is 0 Å². The van der Waals surface area contributed by atoms with E-state index in [1.807, 2.05) is 6.92 Å². The Bertz CT molecular complexity index is 638. The predicted molar refractivity (Wildman–Crippen MR) is 82.9 cm³/mol. The lowest BCUT2D eigenvalue weighted by atomic mass is 9.90. The molecule has 116 valence electrons. The standard InChI is InChI=1S/C15H22N2O3S/c1-11-6-8-13(9-7-11)21(19,20)17-16-12(2)10-14(18)15(3,4)5/h6-10,16-17H,1-5H3. The molecule has 0 saturated carbocycles. The first kappa shape index (κ1) is 17.4. The Morgan fingerprint density at radius 1 is 1.14 bits per heavy atom. The van der Waals surface area contributed by atoms with E-state index in [4.69, 9.17) is 0 Å². The van der Waals surface area contributed by atoms with Crippen molar-refractivity contribution in [2.45, 2.75) is 39.5 Å². The van der Waals surface area contributed by atoms with Crippen molar-refractivity contribution in [2.75, 3.05) is 0 Å². The Balaban J connectivity index is 2.76. The van der Waals surface area contributed by atoms with Gasteiger partial charge >= 0.3 is 0 Å². The van der Waals surface area contributed by atoms with Gasteiger partial charge in [0.1, 0.15) is 0 Å². The van der Waals surface area contributed by atoms with Crippen molar-refractivity contribution in [1.82, 2.24) is 10.3 Å². The molecular weight excluding hydrogens is 288 g/mol. The zero-order valence-electron chi connectivity index (χ0n) is 13.0. The maximum absolute atomic E-state index is 12.0. The molecule has 0 fully saturated rings. The summed E-state index contributed by atoms with van der Waals surface area (Å²) in [5.74, 6) is -0.0815. The van der Waals surface area contributed by atoms with Crippen LogP contribution >= 0.6 is 0 Å². The summed E-state index contributed by atoms with van der Waals surface area (Å²) >= 11 is 0. The fourth-order valence-electron chi connectivity index (χ4n) is 1.37. The van der Waals surface area contributed by atoms with Gasteiger partial charge < -0.3 is 5.43 Å². The lowest BCUT2D eigenvalue weighted by Gasteiger charge is -2.15. The van der Waals surface area contributed by atoms with Crippen LogP contribution in [0.15, 0.2) is 40.9 Å². The summed E-state index contributed by atoms with van der Waals surface area (Å²) in [5.41, 5.74) is 3.46. The number of aryl methyl sites for hydroxylation is 1. The molecule has 6 heteroatoms. The number of hydrazine groups is 1. The van der Waals surface area contributed by atoms with Gasteiger partial charge in [0.05, 0.1) is 4.90 Å². The second-order valence-electron chi connectivity index (χ2n) is 5.99. The number of carbonyl (C=O) groups is 1. The minimum atomic E-state index is -3.66. The van der Waals surface area contributed by atoms with E-state index in [-0.39, 0.29) is 10.7 Å². The van der Waals surface area contributed by atoms with E-state index in [2.05, 4.69) is 10.3 Å². The number of hydrogen-bond donors (Lipinski definition) is 2. The Morgan fingerprint density at radius 2 is 1.67 bits per heavy atom. The Hall–Kier alpha value is -1.66. The predicted octanol–water partition coefficient (Wildman–Crippen LogP) is 2.30. The van der Waals surface area contributed by atoms with E-state index in [0.29, 0.717) is 5.70 Å². The fourth-order valence-corrected chi connectivity index (χ4v) is 2.28. The van der Waals surface area contributed by atoms with Gasteiger partial charge in [-0.05, 0) is 26.0 Å². The fraction of sp³-hybridized carbons (Fsp3) is 0.400. The van der Waals surface area contributed by atoms with Crippen molar-refractivity contribution in [3.05, 3.63) is 41.6 Å². The lowest BCUT2D eigenvalue weighted by Crippen LogP contribution is -2.36. The van der Waals surface area contributed by atoms with Gasteiger partial charge in [-0.25, -0.2) is 8.42 Å². The topological polar surface area (TPSA) is 75.3 Å². The highest BCUT2D eigenvalue weighted by molar-refractivity contribution is 7.89. The van der Waals surface area contributed by atoms with Crippen molar-refractivity contribution < 1.29 is 13.2 Å². The van der Waals surface area contributed by atoms with Gasteiger partial charge in [0.2, 0.25) is 0 Å². The monoisotopic (exact) mass is 310 g/mol. The SMILES string of the molecule is CC(=CC(=O)C(C)(C)C)NNS(=O)(=O)c1ccc(C)cc1. The van der Waals surface area contributed by atoms with Gasteiger partial charge in [0.25, 0.3) is 10.0 Å². The lowest BCUT2D eigenvalue weighted by molar-refractivity contribution is -0.121. The van der Waals surface area contributed by atoms with E-state index in [1.165, 1.54) is 18.2 Å². The van der Waals surface area contributed by atoms with Crippen LogP contribution in [-0.2, 0) is 14.8 Å². The zero-order chi connectivity index (χ0) is 16.3. The molecule has 0 spiro atoms. The normalized spacial score (nSPS) is 13.1. The Morgan fingerprint density at radius 3 is 2.14 bits per heavy atom. The number of carbonyl (C=O) groups excluding carboxylic acids is 1. The largest absolute Gasteiger partial charge is 0.312 e. The second kappa shape index (κ2) is 6.41. The molecule has 0 bridgehead atoms. The maximum Gasteiger partial charge on any atom is 0.257 e. The average molecular weight is 310 g/mol. The van der Waals surface area contributed by atoms with Crippen molar-refractivity contribution in [2.24, 2.45) is 5.41 Å². The molecule has 1 aromatic rings. The van der Waals surface area contributed by atoms with Gasteiger partial charge in [0, 0.05) is 17.2 Å². The smallest absolute Gasteiger partial charge is 0.257 e. The summed E-state index contributed by atoms with van der Waals surface area (Å²) in [4.78, 5) is 14.2. The highest BCUT2D eigenvalue weighted by atomic mass is 32.2. The van der Waals surface area contributed by atoms with Crippen LogP contribution in [0.25, 0.3) is 0 Å². The van der Waals surface area contributed by atoms with E-state index in [0.717, 1.165) is 5.56 Å². The highest BCUT2D eigenvalue weighted by Crippen LogP contribution is 2.15. The number of rotatable bonds is 5. The molecule has 1 rings (SSSR count). The molecule has 0 heterocycles. The molecule has 2 N–H and O–H groups in total. The average Bonchev–Trinajstić information content (AvgIpc) is 2.36. The summed E-state index contributed by atoms with van der Waals surface area (Å²) in [5, 5.41) is 0. The summed E-state index contributed by atoms with van der Waals surface area (Å²) < 4.78 is 24.1. The molecule has 5 nitrogen and oxygen atoms in total. The second-order valence-corrected chi connectivity index (χ2v) is 7.67. The number of nitrogens with one attached hydrogen (secondary N) is 2. The van der Waals surface area contributed by atoms with Crippen LogP contribution in [0.3, 0.4) is 0 Å². The van der Waals surface area contributed by atoms with Gasteiger partial charge in [-0.15, -0.1) is 4.83 Å². The third kappa shape index (κ3) is 5.32. The zero-order valence-corrected chi connectivity index (χ0v) is 13.8. The van der Waals surface area contributed by atoms with Crippen molar-refractivity contribution >= 4 is 15.8 Å². The molecule has 21 heavy (non-hydrogen) atoms. The van der Waals surface area contributed by atoms with E-state index in [9.17, 15) is 13.2 Å². The summed E-state index contributed by atoms with van der Waals surface area (Å²) in [6, 6.07) is 6.50. The Kier molecular flexibility index (Phi) is 5.31. The van der Waals surface area contributed by atoms with Crippen LogP contribution in [0.4, 0.5) is 0 Å². The molecular formula is C15H22N2O3S. The van der Waals surface area contributed by atoms with Crippen LogP contribution in [0.2, 0.25) is 0 Å². The van der Waals surface area contributed by atoms with Crippen molar-refractivity contribution in [1.29, 1.82) is 0 Å². The van der Waals surface area contributed by atoms with Crippen molar-refractivity contribution in [3.8, 4) is 0 Å². The van der Waals surface area contributed by atoms with E-state index in [1.54, 1.807) is 39.8 Å². The number of benzene rings is 1. The third-order valence-electron chi connectivity index (χ3n) is 2.80. The Labute approximate surface area is 126 Å². The molecule has 1 aromatic carbocycles. The number of allylic oxidation sites excluding steroid dienone is 2. The van der Waals surface area contributed by atoms with Gasteiger partial charge in [-0.1, -0.05) is 38.5 Å². The first-order chi connectivity index (χ1) is 9.52. The minimum absolute atomic E-state index is 0.0815. The summed E-state index contributed by atoms with van der Waals surface area (Å²) in [6.07, 6.45) is 1.39. The molecule has 0 radical (unpaired) electrons. The molecule has 0 atom stereocenters. The molecule has 0 aliphatic carbocycles. The molecule has 0 aromatic heterocycles. The highest BCUT2D eigenvalue weighted by Gasteiger charge is 2.19. The number of ketones is 1. The first-order valence-electron chi connectivity index (χ1n) is 6.59. The molecule has 0 amide bonds. The molecule has 0 saturated heterocycles. The molecule has 0 unspecified atom stereocenters. The van der Waals surface area contributed by atoms with Crippen LogP contribution in [0, 0.1) is 12.3 Å². The van der Waals surface area contributed by atoms with Crippen LogP contribution in [-0.4, -0.2) is 14.2 Å². The maximum atomic E-state index is 12.0. The summed E-state index contributed by atoms with van der Waals surface area (Å²) in [7, 11) is -3.66.